The van der Waals surface area contributed by atoms with Crippen molar-refractivity contribution in [3.63, 3.8) is 0 Å². The quantitative estimate of drug-likeness (QED) is 0.678. The number of carbonyl (C=O) groups is 1. The molecule has 1 fully saturated rings. The van der Waals surface area contributed by atoms with Crippen LogP contribution in [-0.4, -0.2) is 35.5 Å². The van der Waals surface area contributed by atoms with Crippen LogP contribution in [-0.2, 0) is 4.74 Å². The van der Waals surface area contributed by atoms with Crippen LogP contribution in [0.2, 0.25) is 0 Å². The Hall–Kier alpha value is -2.38. The van der Waals surface area contributed by atoms with E-state index in [-0.39, 0.29) is 12.1 Å². The highest BCUT2D eigenvalue weighted by atomic mass is 32.1. The first-order valence-electron chi connectivity index (χ1n) is 7.97. The van der Waals surface area contributed by atoms with Gasteiger partial charge in [0.25, 0.3) is 0 Å². The average molecular weight is 342 g/mol. The number of nitrogens with one attached hydrogen (secondary N) is 3. The Kier molecular flexibility index (Phi) is 4.18. The van der Waals surface area contributed by atoms with Crippen molar-refractivity contribution in [3.05, 3.63) is 35.0 Å². The maximum absolute atomic E-state index is 12.0. The largest absolute Gasteiger partial charge is 0.376 e. The molecule has 3 heterocycles. The minimum absolute atomic E-state index is 0.125. The van der Waals surface area contributed by atoms with E-state index in [1.165, 1.54) is 5.56 Å². The van der Waals surface area contributed by atoms with Crippen LogP contribution in [0.15, 0.2) is 35.0 Å². The summed E-state index contributed by atoms with van der Waals surface area (Å²) >= 11 is 1.67. The second kappa shape index (κ2) is 6.62. The van der Waals surface area contributed by atoms with Gasteiger partial charge in [-0.2, -0.15) is 16.4 Å². The highest BCUT2D eigenvalue weighted by Gasteiger charge is 2.17. The van der Waals surface area contributed by atoms with Crippen molar-refractivity contribution < 1.29 is 9.53 Å². The lowest BCUT2D eigenvalue weighted by atomic mass is 10.1. The average Bonchev–Trinajstić information content (AvgIpc) is 3.35. The van der Waals surface area contributed by atoms with Gasteiger partial charge in [-0.3, -0.25) is 10.4 Å². The zero-order valence-corrected chi connectivity index (χ0v) is 13.9. The molecule has 2 amide bonds. The summed E-state index contributed by atoms with van der Waals surface area (Å²) in [4.78, 5) is 12.0. The molecule has 7 heteroatoms. The Morgan fingerprint density at radius 3 is 3.12 bits per heavy atom. The summed E-state index contributed by atoms with van der Waals surface area (Å²) in [6, 6.07) is 7.87. The van der Waals surface area contributed by atoms with Crippen molar-refractivity contribution in [2.24, 2.45) is 0 Å². The number of hydrogen-bond acceptors (Lipinski definition) is 4. The second-order valence-corrected chi connectivity index (χ2v) is 6.59. The van der Waals surface area contributed by atoms with Crippen molar-refractivity contribution in [2.45, 2.75) is 18.9 Å². The first-order valence-corrected chi connectivity index (χ1v) is 8.91. The summed E-state index contributed by atoms with van der Waals surface area (Å²) in [5.41, 5.74) is 3.20. The molecule has 1 aromatic carbocycles. The van der Waals surface area contributed by atoms with E-state index in [1.54, 1.807) is 11.3 Å². The summed E-state index contributed by atoms with van der Waals surface area (Å²) in [5.74, 6) is 0.534. The number of nitrogens with zero attached hydrogens (tertiary/aromatic N) is 1. The molecule has 0 aliphatic carbocycles. The Morgan fingerprint density at radius 1 is 1.38 bits per heavy atom. The number of benzene rings is 1. The van der Waals surface area contributed by atoms with Gasteiger partial charge in [0.1, 0.15) is 0 Å². The SMILES string of the molecule is O=C(NCC1CCCO1)Nc1n[nH]c2cc(-c3ccsc3)ccc12. The first-order chi connectivity index (χ1) is 11.8. The summed E-state index contributed by atoms with van der Waals surface area (Å²) in [6.07, 6.45) is 2.18. The fraction of sp³-hybridized carbons (Fsp3) is 0.294. The number of aromatic amines is 1. The van der Waals surface area contributed by atoms with Crippen LogP contribution in [0.25, 0.3) is 22.0 Å². The number of ether oxygens (including phenoxy) is 1. The van der Waals surface area contributed by atoms with Gasteiger partial charge in [0.05, 0.1) is 11.6 Å². The lowest BCUT2D eigenvalue weighted by Crippen LogP contribution is -2.35. The molecule has 3 aromatic rings. The van der Waals surface area contributed by atoms with Crippen LogP contribution in [0.1, 0.15) is 12.8 Å². The smallest absolute Gasteiger partial charge is 0.320 e. The maximum atomic E-state index is 12.0. The number of urea groups is 1. The van der Waals surface area contributed by atoms with Crippen LogP contribution < -0.4 is 10.6 Å². The van der Waals surface area contributed by atoms with E-state index >= 15 is 0 Å². The van der Waals surface area contributed by atoms with Crippen molar-refractivity contribution >= 4 is 34.1 Å². The summed E-state index contributed by atoms with van der Waals surface area (Å²) in [5, 5.41) is 17.9. The minimum Gasteiger partial charge on any atom is -0.376 e. The molecule has 1 atom stereocenters. The predicted molar refractivity (Wildman–Crippen MR) is 95.4 cm³/mol. The van der Waals surface area contributed by atoms with Crippen LogP contribution in [0.4, 0.5) is 10.6 Å². The Bertz CT molecular complexity index is 838. The van der Waals surface area contributed by atoms with Crippen LogP contribution in [0.5, 0.6) is 0 Å². The molecule has 2 aromatic heterocycles. The van der Waals surface area contributed by atoms with Crippen molar-refractivity contribution in [1.82, 2.24) is 15.5 Å². The number of fused-ring (bicyclic) bond motifs is 1. The second-order valence-electron chi connectivity index (χ2n) is 5.81. The molecule has 1 aliphatic rings. The third-order valence-electron chi connectivity index (χ3n) is 4.16. The molecule has 6 nitrogen and oxygen atoms in total. The van der Waals surface area contributed by atoms with E-state index in [1.807, 2.05) is 18.2 Å². The molecule has 24 heavy (non-hydrogen) atoms. The Labute approximate surface area is 143 Å². The lowest BCUT2D eigenvalue weighted by Gasteiger charge is -2.10. The van der Waals surface area contributed by atoms with Gasteiger partial charge in [0.2, 0.25) is 0 Å². The highest BCUT2D eigenvalue weighted by Crippen LogP contribution is 2.28. The maximum Gasteiger partial charge on any atom is 0.320 e. The van der Waals surface area contributed by atoms with E-state index in [0.717, 1.165) is 35.9 Å². The van der Waals surface area contributed by atoms with Gasteiger partial charge in [-0.15, -0.1) is 0 Å². The Morgan fingerprint density at radius 2 is 2.33 bits per heavy atom. The van der Waals surface area contributed by atoms with E-state index in [9.17, 15) is 4.79 Å². The summed E-state index contributed by atoms with van der Waals surface area (Å²) < 4.78 is 5.49. The first kappa shape index (κ1) is 15.2. The third-order valence-corrected chi connectivity index (χ3v) is 4.85. The highest BCUT2D eigenvalue weighted by molar-refractivity contribution is 7.08. The van der Waals surface area contributed by atoms with Gasteiger partial charge in [0.15, 0.2) is 5.82 Å². The molecule has 124 valence electrons. The molecule has 0 bridgehead atoms. The molecule has 1 saturated heterocycles. The van der Waals surface area contributed by atoms with Crippen molar-refractivity contribution in [2.75, 3.05) is 18.5 Å². The van der Waals surface area contributed by atoms with E-state index < -0.39 is 0 Å². The number of amides is 2. The standard InChI is InChI=1S/C17H18N4O2S/c22-17(18-9-13-2-1-6-23-13)19-16-14-4-3-11(8-15(14)20-21-16)12-5-7-24-10-12/h3-5,7-8,10,13H,1-2,6,9H2,(H3,18,19,20,21,22). The van der Waals surface area contributed by atoms with Gasteiger partial charge in [-0.25, -0.2) is 4.79 Å². The zero-order valence-electron chi connectivity index (χ0n) is 13.0. The third kappa shape index (κ3) is 3.13. The van der Waals surface area contributed by atoms with E-state index in [0.29, 0.717) is 12.4 Å². The van der Waals surface area contributed by atoms with E-state index in [2.05, 4.69) is 37.7 Å². The van der Waals surface area contributed by atoms with Gasteiger partial charge in [0, 0.05) is 18.5 Å². The zero-order chi connectivity index (χ0) is 16.4. The van der Waals surface area contributed by atoms with Gasteiger partial charge >= 0.3 is 6.03 Å². The molecule has 4 rings (SSSR count). The van der Waals surface area contributed by atoms with Gasteiger partial charge < -0.3 is 10.1 Å². The fourth-order valence-electron chi connectivity index (χ4n) is 2.89. The molecular weight excluding hydrogens is 324 g/mol. The number of thiophene rings is 1. The number of anilines is 1. The van der Waals surface area contributed by atoms with Crippen molar-refractivity contribution in [3.8, 4) is 11.1 Å². The summed E-state index contributed by atoms with van der Waals surface area (Å²) in [7, 11) is 0. The minimum atomic E-state index is -0.263. The van der Waals surface area contributed by atoms with E-state index in [4.69, 9.17) is 4.74 Å². The number of H-pyrrole nitrogens is 1. The topological polar surface area (TPSA) is 79.0 Å². The number of hydrogen-bond donors (Lipinski definition) is 3. The number of rotatable bonds is 4. The predicted octanol–water partition coefficient (Wildman–Crippen LogP) is 3.59. The number of aromatic nitrogens is 2. The fourth-order valence-corrected chi connectivity index (χ4v) is 3.55. The molecule has 1 aliphatic heterocycles. The van der Waals surface area contributed by atoms with Crippen LogP contribution >= 0.6 is 11.3 Å². The van der Waals surface area contributed by atoms with Crippen LogP contribution in [0, 0.1) is 0 Å². The molecule has 0 radical (unpaired) electrons. The summed E-state index contributed by atoms with van der Waals surface area (Å²) in [6.45, 7) is 1.31. The molecule has 0 saturated carbocycles. The lowest BCUT2D eigenvalue weighted by molar-refractivity contribution is 0.112. The van der Waals surface area contributed by atoms with Crippen molar-refractivity contribution in [1.29, 1.82) is 0 Å². The van der Waals surface area contributed by atoms with Crippen LogP contribution in [0.3, 0.4) is 0 Å². The molecule has 0 spiro atoms. The van der Waals surface area contributed by atoms with Gasteiger partial charge in [-0.05, 0) is 52.9 Å². The molecular formula is C17H18N4O2S. The number of carbonyl (C=O) groups excluding carboxylic acids is 1. The normalized spacial score (nSPS) is 17.2. The van der Waals surface area contributed by atoms with Gasteiger partial charge in [-0.1, -0.05) is 6.07 Å². The monoisotopic (exact) mass is 342 g/mol. The Balaban J connectivity index is 1.45. The molecule has 1 unspecified atom stereocenters. The molecule has 3 N–H and O–H groups in total.